The lowest BCUT2D eigenvalue weighted by atomic mass is 9.84. The van der Waals surface area contributed by atoms with Gasteiger partial charge in [0.05, 0.1) is 11.7 Å². The predicted octanol–water partition coefficient (Wildman–Crippen LogP) is 3.99. The lowest BCUT2D eigenvalue weighted by molar-refractivity contribution is 0.115. The van der Waals surface area contributed by atoms with Gasteiger partial charge in [-0.05, 0) is 80.0 Å². The molecule has 0 radical (unpaired) electrons. The molecule has 1 fully saturated rings. The van der Waals surface area contributed by atoms with E-state index in [4.69, 9.17) is 10.7 Å². The molecular formula is C26H36N4. The smallest absolute Gasteiger partial charge is 0.0607 e. The summed E-state index contributed by atoms with van der Waals surface area (Å²) in [5.74, 6) is 0.773. The Morgan fingerprint density at radius 2 is 1.73 bits per heavy atom. The fourth-order valence-corrected chi connectivity index (χ4v) is 5.91. The van der Waals surface area contributed by atoms with Crippen molar-refractivity contribution in [3.63, 3.8) is 0 Å². The fraction of sp³-hybridized carbons (Fsp3) is 0.577. The molecule has 4 heteroatoms. The average molecular weight is 405 g/mol. The summed E-state index contributed by atoms with van der Waals surface area (Å²) < 4.78 is 0. The van der Waals surface area contributed by atoms with Crippen LogP contribution in [-0.4, -0.2) is 35.1 Å². The van der Waals surface area contributed by atoms with Gasteiger partial charge in [-0.2, -0.15) is 0 Å². The Bertz CT molecular complexity index is 842. The van der Waals surface area contributed by atoms with Gasteiger partial charge in [-0.25, -0.2) is 0 Å². The molecule has 3 N–H and O–H groups in total. The van der Waals surface area contributed by atoms with E-state index in [1.807, 2.05) is 6.20 Å². The van der Waals surface area contributed by atoms with E-state index in [0.29, 0.717) is 18.1 Å². The van der Waals surface area contributed by atoms with Gasteiger partial charge < -0.3 is 11.1 Å². The third-order valence-corrected chi connectivity index (χ3v) is 7.61. The van der Waals surface area contributed by atoms with Crippen LogP contribution < -0.4 is 11.1 Å². The molecule has 2 atom stereocenters. The van der Waals surface area contributed by atoms with Gasteiger partial charge in [-0.15, -0.1) is 0 Å². The SMILES string of the molecule is N[C@H]1CC[C@@H](CN(C[C@H]2Cc3ccccc3CN2)[C@H]2CCCc3cccnc32)CC1. The van der Waals surface area contributed by atoms with Crippen molar-refractivity contribution >= 4 is 0 Å². The number of hydrogen-bond donors (Lipinski definition) is 2. The number of nitrogens with one attached hydrogen (secondary N) is 1. The zero-order chi connectivity index (χ0) is 20.3. The zero-order valence-corrected chi connectivity index (χ0v) is 18.1. The number of aryl methyl sites for hydroxylation is 1. The van der Waals surface area contributed by atoms with E-state index in [1.165, 1.54) is 73.9 Å². The maximum atomic E-state index is 6.19. The van der Waals surface area contributed by atoms with E-state index < -0.39 is 0 Å². The van der Waals surface area contributed by atoms with E-state index in [-0.39, 0.29) is 0 Å². The van der Waals surface area contributed by atoms with Crippen molar-refractivity contribution in [3.05, 3.63) is 65.0 Å². The second-order valence-electron chi connectivity index (χ2n) is 9.74. The highest BCUT2D eigenvalue weighted by atomic mass is 15.2. The van der Waals surface area contributed by atoms with Crippen molar-refractivity contribution in [2.75, 3.05) is 13.1 Å². The maximum Gasteiger partial charge on any atom is 0.0607 e. The van der Waals surface area contributed by atoms with Crippen LogP contribution in [0, 0.1) is 5.92 Å². The van der Waals surface area contributed by atoms with Crippen LogP contribution in [0.4, 0.5) is 0 Å². The first-order valence-corrected chi connectivity index (χ1v) is 12.0. The van der Waals surface area contributed by atoms with E-state index >= 15 is 0 Å². The van der Waals surface area contributed by atoms with Crippen molar-refractivity contribution in [2.24, 2.45) is 11.7 Å². The van der Waals surface area contributed by atoms with Gasteiger partial charge in [0.1, 0.15) is 0 Å². The van der Waals surface area contributed by atoms with Crippen LogP contribution in [0.25, 0.3) is 0 Å². The van der Waals surface area contributed by atoms with Crippen LogP contribution in [0.3, 0.4) is 0 Å². The molecule has 1 aromatic heterocycles. The summed E-state index contributed by atoms with van der Waals surface area (Å²) in [6.07, 6.45) is 11.7. The number of rotatable bonds is 5. The highest BCUT2D eigenvalue weighted by molar-refractivity contribution is 5.30. The molecule has 0 bridgehead atoms. The Morgan fingerprint density at radius 3 is 2.60 bits per heavy atom. The molecule has 1 saturated carbocycles. The third-order valence-electron chi connectivity index (χ3n) is 7.61. The van der Waals surface area contributed by atoms with Gasteiger partial charge in [0.25, 0.3) is 0 Å². The van der Waals surface area contributed by atoms with Crippen LogP contribution in [0.1, 0.15) is 67.0 Å². The summed E-state index contributed by atoms with van der Waals surface area (Å²) in [7, 11) is 0. The number of nitrogens with zero attached hydrogens (tertiary/aromatic N) is 2. The number of hydrogen-bond acceptors (Lipinski definition) is 4. The van der Waals surface area contributed by atoms with Gasteiger partial charge in [0.15, 0.2) is 0 Å². The maximum absolute atomic E-state index is 6.19. The molecule has 4 nitrogen and oxygen atoms in total. The number of benzene rings is 1. The van der Waals surface area contributed by atoms with Crippen molar-refractivity contribution < 1.29 is 0 Å². The molecule has 2 aromatic rings. The minimum Gasteiger partial charge on any atom is -0.328 e. The van der Waals surface area contributed by atoms with Crippen LogP contribution in [0.2, 0.25) is 0 Å². The lowest BCUT2D eigenvalue weighted by Crippen LogP contribution is -2.48. The molecule has 1 aromatic carbocycles. The van der Waals surface area contributed by atoms with Gasteiger partial charge in [0, 0.05) is 37.9 Å². The standard InChI is InChI=1S/C26H36N4/c27-23-12-10-19(11-13-23)17-30(25-9-3-7-20-8-4-14-28-26(20)25)18-24-15-21-5-1-2-6-22(21)16-29-24/h1-2,4-6,8,14,19,23-25,29H,3,7,9-13,15-18,27H2/t19-,23+,24-,25+/m1/s1. The third kappa shape index (κ3) is 4.46. The van der Waals surface area contributed by atoms with Crippen LogP contribution >= 0.6 is 0 Å². The topological polar surface area (TPSA) is 54.2 Å². The predicted molar refractivity (Wildman–Crippen MR) is 122 cm³/mol. The monoisotopic (exact) mass is 404 g/mol. The number of pyridine rings is 1. The molecule has 3 aliphatic rings. The summed E-state index contributed by atoms with van der Waals surface area (Å²) in [6.45, 7) is 3.29. The quantitative estimate of drug-likeness (QED) is 0.791. The first-order valence-electron chi connectivity index (χ1n) is 12.0. The molecule has 0 unspecified atom stereocenters. The molecule has 2 aliphatic carbocycles. The molecule has 30 heavy (non-hydrogen) atoms. The molecule has 1 aliphatic heterocycles. The summed E-state index contributed by atoms with van der Waals surface area (Å²) in [6, 6.07) is 14.7. The molecule has 0 saturated heterocycles. The van der Waals surface area contributed by atoms with Gasteiger partial charge in [-0.3, -0.25) is 9.88 Å². The van der Waals surface area contributed by atoms with Crippen LogP contribution in [0.15, 0.2) is 42.6 Å². The van der Waals surface area contributed by atoms with Crippen molar-refractivity contribution in [2.45, 2.75) is 76.0 Å². The number of nitrogens with two attached hydrogens (primary N) is 1. The Labute approximate surface area is 181 Å². The summed E-state index contributed by atoms with van der Waals surface area (Å²) in [5.41, 5.74) is 12.0. The minimum absolute atomic E-state index is 0.420. The van der Waals surface area contributed by atoms with E-state index in [9.17, 15) is 0 Å². The lowest BCUT2D eigenvalue weighted by Gasteiger charge is -2.41. The minimum atomic E-state index is 0.420. The summed E-state index contributed by atoms with van der Waals surface area (Å²) in [5, 5.41) is 3.83. The Hall–Kier alpha value is -1.75. The zero-order valence-electron chi connectivity index (χ0n) is 18.1. The van der Waals surface area contributed by atoms with Crippen LogP contribution in [0.5, 0.6) is 0 Å². The summed E-state index contributed by atoms with van der Waals surface area (Å²) >= 11 is 0. The van der Waals surface area contributed by atoms with Gasteiger partial charge in [0.2, 0.25) is 0 Å². The summed E-state index contributed by atoms with van der Waals surface area (Å²) in [4.78, 5) is 7.66. The second-order valence-corrected chi connectivity index (χ2v) is 9.74. The van der Waals surface area contributed by atoms with Crippen molar-refractivity contribution in [1.82, 2.24) is 15.2 Å². The largest absolute Gasteiger partial charge is 0.328 e. The van der Waals surface area contributed by atoms with E-state index in [0.717, 1.165) is 25.4 Å². The molecule has 5 rings (SSSR count). The van der Waals surface area contributed by atoms with Crippen molar-refractivity contribution in [1.29, 1.82) is 0 Å². The van der Waals surface area contributed by atoms with E-state index in [1.54, 1.807) is 0 Å². The molecule has 160 valence electrons. The molecule has 0 amide bonds. The Balaban J connectivity index is 1.35. The Morgan fingerprint density at radius 1 is 0.933 bits per heavy atom. The highest BCUT2D eigenvalue weighted by Gasteiger charge is 2.32. The molecule has 2 heterocycles. The van der Waals surface area contributed by atoms with Gasteiger partial charge in [-0.1, -0.05) is 30.3 Å². The molecular weight excluding hydrogens is 368 g/mol. The number of fused-ring (bicyclic) bond motifs is 2. The average Bonchev–Trinajstić information content (AvgIpc) is 2.79. The normalized spacial score (nSPS) is 28.7. The Kier molecular flexibility index (Phi) is 6.17. The molecule has 0 spiro atoms. The number of aromatic nitrogens is 1. The first-order chi connectivity index (χ1) is 14.8. The van der Waals surface area contributed by atoms with Crippen LogP contribution in [-0.2, 0) is 19.4 Å². The highest BCUT2D eigenvalue weighted by Crippen LogP contribution is 2.35. The van der Waals surface area contributed by atoms with Crippen molar-refractivity contribution in [3.8, 4) is 0 Å². The first kappa shape index (κ1) is 20.2. The second kappa shape index (κ2) is 9.17. The van der Waals surface area contributed by atoms with E-state index in [2.05, 4.69) is 46.6 Å². The fourth-order valence-electron chi connectivity index (χ4n) is 5.91. The van der Waals surface area contributed by atoms with Gasteiger partial charge >= 0.3 is 0 Å².